The van der Waals surface area contributed by atoms with Gasteiger partial charge in [0.1, 0.15) is 0 Å². The quantitative estimate of drug-likeness (QED) is 0.639. The second-order valence-corrected chi connectivity index (χ2v) is 5.05. The summed E-state index contributed by atoms with van der Waals surface area (Å²) < 4.78 is 0. The van der Waals surface area contributed by atoms with Gasteiger partial charge in [-0.05, 0) is 5.56 Å². The fourth-order valence-electron chi connectivity index (χ4n) is 3.20. The molecule has 0 radical (unpaired) electrons. The molecule has 106 valence electrons. The van der Waals surface area contributed by atoms with E-state index in [9.17, 15) is 20.2 Å². The SMILES string of the molecule is O=[N+]([O-])C1Cc2ccccc2C1(c1ccccc1)[N+](=O)[O-]. The van der Waals surface area contributed by atoms with Crippen molar-refractivity contribution in [2.75, 3.05) is 0 Å². The minimum Gasteiger partial charge on any atom is -0.264 e. The van der Waals surface area contributed by atoms with Crippen LogP contribution in [0.15, 0.2) is 54.6 Å². The fraction of sp³-hybridized carbons (Fsp3) is 0.200. The molecule has 2 aromatic carbocycles. The van der Waals surface area contributed by atoms with E-state index < -0.39 is 21.4 Å². The molecule has 2 atom stereocenters. The predicted octanol–water partition coefficient (Wildman–Crippen LogP) is 2.41. The van der Waals surface area contributed by atoms with E-state index >= 15 is 0 Å². The zero-order chi connectivity index (χ0) is 15.0. The van der Waals surface area contributed by atoms with Crippen LogP contribution in [0.25, 0.3) is 0 Å². The third kappa shape index (κ3) is 1.72. The predicted molar refractivity (Wildman–Crippen MR) is 75.1 cm³/mol. The highest BCUT2D eigenvalue weighted by molar-refractivity contribution is 5.47. The molecule has 21 heavy (non-hydrogen) atoms. The molecule has 0 spiro atoms. The maximum atomic E-state index is 11.9. The Morgan fingerprint density at radius 3 is 2.19 bits per heavy atom. The number of rotatable bonds is 3. The molecule has 1 aliphatic carbocycles. The van der Waals surface area contributed by atoms with Gasteiger partial charge < -0.3 is 0 Å². The summed E-state index contributed by atoms with van der Waals surface area (Å²) >= 11 is 0. The van der Waals surface area contributed by atoms with Crippen molar-refractivity contribution in [3.05, 3.63) is 91.5 Å². The number of nitro groups is 2. The molecule has 3 rings (SSSR count). The van der Waals surface area contributed by atoms with E-state index in [1.807, 2.05) is 0 Å². The van der Waals surface area contributed by atoms with Gasteiger partial charge in [0.15, 0.2) is 0 Å². The standard InChI is InChI=1S/C15H12N2O4/c18-16(19)14-10-11-6-4-5-9-13(11)15(14,17(20)21)12-7-2-1-3-8-12/h1-9,14H,10H2. The lowest BCUT2D eigenvalue weighted by Gasteiger charge is -2.23. The maximum absolute atomic E-state index is 11.9. The largest absolute Gasteiger partial charge is 0.338 e. The Labute approximate surface area is 120 Å². The summed E-state index contributed by atoms with van der Waals surface area (Å²) in [6, 6.07) is 13.7. The summed E-state index contributed by atoms with van der Waals surface area (Å²) in [5, 5.41) is 23.4. The average molecular weight is 284 g/mol. The van der Waals surface area contributed by atoms with E-state index in [0.29, 0.717) is 16.7 Å². The summed E-state index contributed by atoms with van der Waals surface area (Å²) in [5.41, 5.74) is -0.384. The van der Waals surface area contributed by atoms with E-state index in [0.717, 1.165) is 0 Å². The number of nitrogens with zero attached hydrogens (tertiary/aromatic N) is 2. The Bertz CT molecular complexity index is 717. The first-order valence-corrected chi connectivity index (χ1v) is 6.50. The first-order valence-electron chi connectivity index (χ1n) is 6.50. The number of fused-ring (bicyclic) bond motifs is 1. The highest BCUT2D eigenvalue weighted by Crippen LogP contribution is 2.45. The Morgan fingerprint density at radius 2 is 1.57 bits per heavy atom. The zero-order valence-corrected chi connectivity index (χ0v) is 11.0. The van der Waals surface area contributed by atoms with Crippen LogP contribution in [0, 0.1) is 20.2 Å². The molecule has 0 amide bonds. The summed E-state index contributed by atoms with van der Waals surface area (Å²) in [6.45, 7) is 0. The molecule has 0 N–H and O–H groups in total. The molecular formula is C15H12N2O4. The molecule has 0 saturated carbocycles. The summed E-state index contributed by atoms with van der Waals surface area (Å²) in [6.07, 6.45) is 0.0685. The second kappa shape index (κ2) is 4.66. The zero-order valence-electron chi connectivity index (χ0n) is 11.0. The maximum Gasteiger partial charge on any atom is 0.338 e. The summed E-state index contributed by atoms with van der Waals surface area (Å²) in [4.78, 5) is 22.3. The molecule has 2 unspecified atom stereocenters. The topological polar surface area (TPSA) is 86.3 Å². The Kier molecular flexibility index (Phi) is 2.94. The van der Waals surface area contributed by atoms with Gasteiger partial charge in [0.25, 0.3) is 6.04 Å². The molecular weight excluding hydrogens is 272 g/mol. The van der Waals surface area contributed by atoms with Crippen molar-refractivity contribution in [2.45, 2.75) is 18.0 Å². The van der Waals surface area contributed by atoms with Crippen LogP contribution < -0.4 is 0 Å². The van der Waals surface area contributed by atoms with Crippen molar-refractivity contribution >= 4 is 0 Å². The molecule has 0 bridgehead atoms. The highest BCUT2D eigenvalue weighted by atomic mass is 16.6. The minimum atomic E-state index is -1.82. The van der Waals surface area contributed by atoms with Gasteiger partial charge >= 0.3 is 5.54 Å². The first kappa shape index (κ1) is 13.2. The average Bonchev–Trinajstić information content (AvgIpc) is 2.84. The Hall–Kier alpha value is -2.76. The van der Waals surface area contributed by atoms with Crippen LogP contribution in [0.2, 0.25) is 0 Å². The van der Waals surface area contributed by atoms with Gasteiger partial charge in [-0.25, -0.2) is 0 Å². The molecule has 0 saturated heterocycles. The lowest BCUT2D eigenvalue weighted by Crippen LogP contribution is -2.48. The van der Waals surface area contributed by atoms with E-state index in [1.165, 1.54) is 0 Å². The van der Waals surface area contributed by atoms with Crippen molar-refractivity contribution in [3.8, 4) is 0 Å². The van der Waals surface area contributed by atoms with Gasteiger partial charge in [-0.15, -0.1) is 0 Å². The first-order chi connectivity index (χ1) is 10.1. The van der Waals surface area contributed by atoms with Crippen molar-refractivity contribution in [3.63, 3.8) is 0 Å². The van der Waals surface area contributed by atoms with E-state index in [4.69, 9.17) is 0 Å². The van der Waals surface area contributed by atoms with Crippen LogP contribution in [0.1, 0.15) is 16.7 Å². The van der Waals surface area contributed by atoms with Crippen molar-refractivity contribution in [2.24, 2.45) is 0 Å². The monoisotopic (exact) mass is 284 g/mol. The van der Waals surface area contributed by atoms with Gasteiger partial charge in [0.2, 0.25) is 0 Å². The number of benzene rings is 2. The van der Waals surface area contributed by atoms with Crippen LogP contribution in [0.3, 0.4) is 0 Å². The van der Waals surface area contributed by atoms with Gasteiger partial charge in [-0.1, -0.05) is 54.6 Å². The lowest BCUT2D eigenvalue weighted by molar-refractivity contribution is -0.647. The molecule has 1 aliphatic rings. The molecule has 2 aromatic rings. The van der Waals surface area contributed by atoms with Gasteiger partial charge in [0.05, 0.1) is 0 Å². The third-order valence-corrected chi connectivity index (χ3v) is 4.08. The lowest BCUT2D eigenvalue weighted by atomic mass is 9.82. The molecule has 0 aromatic heterocycles. The smallest absolute Gasteiger partial charge is 0.264 e. The van der Waals surface area contributed by atoms with E-state index in [2.05, 4.69) is 0 Å². The molecule has 0 heterocycles. The van der Waals surface area contributed by atoms with E-state index in [1.54, 1.807) is 54.6 Å². The number of hydrogen-bond acceptors (Lipinski definition) is 4. The highest BCUT2D eigenvalue weighted by Gasteiger charge is 2.65. The number of hydrogen-bond donors (Lipinski definition) is 0. The van der Waals surface area contributed by atoms with Crippen molar-refractivity contribution in [1.82, 2.24) is 0 Å². The van der Waals surface area contributed by atoms with Crippen molar-refractivity contribution < 1.29 is 9.85 Å². The summed E-state index contributed by atoms with van der Waals surface area (Å²) in [7, 11) is 0. The molecule has 0 fully saturated rings. The van der Waals surface area contributed by atoms with Crippen LogP contribution in [0.5, 0.6) is 0 Å². The molecule has 6 heteroatoms. The third-order valence-electron chi connectivity index (χ3n) is 4.08. The normalized spacial score (nSPS) is 23.5. The van der Waals surface area contributed by atoms with Gasteiger partial charge in [-0.2, -0.15) is 0 Å². The fourth-order valence-corrected chi connectivity index (χ4v) is 3.20. The Balaban J connectivity index is 2.35. The molecule has 6 nitrogen and oxygen atoms in total. The van der Waals surface area contributed by atoms with E-state index in [-0.39, 0.29) is 6.42 Å². The minimum absolute atomic E-state index is 0.0685. The van der Waals surface area contributed by atoms with Crippen LogP contribution in [-0.2, 0) is 12.0 Å². The van der Waals surface area contributed by atoms with Gasteiger partial charge in [-0.3, -0.25) is 20.2 Å². The Morgan fingerprint density at radius 1 is 0.952 bits per heavy atom. The molecule has 0 aliphatic heterocycles. The van der Waals surface area contributed by atoms with Crippen molar-refractivity contribution in [1.29, 1.82) is 0 Å². The van der Waals surface area contributed by atoms with Crippen LogP contribution in [0.4, 0.5) is 0 Å². The van der Waals surface area contributed by atoms with Crippen LogP contribution >= 0.6 is 0 Å². The van der Waals surface area contributed by atoms with Crippen LogP contribution in [-0.4, -0.2) is 15.9 Å². The van der Waals surface area contributed by atoms with Gasteiger partial charge in [0, 0.05) is 27.4 Å². The summed E-state index contributed by atoms with van der Waals surface area (Å²) in [5.74, 6) is 0. The second-order valence-electron chi connectivity index (χ2n) is 5.05.